The first-order valence-electron chi connectivity index (χ1n) is 5.52. The van der Waals surface area contributed by atoms with Gasteiger partial charge in [-0.25, -0.2) is 13.1 Å². The fourth-order valence-electron chi connectivity index (χ4n) is 1.70. The highest BCUT2D eigenvalue weighted by atomic mass is 32.2. The summed E-state index contributed by atoms with van der Waals surface area (Å²) in [7, 11) is -1.14. The van der Waals surface area contributed by atoms with Gasteiger partial charge in [0.05, 0.1) is 6.26 Å². The van der Waals surface area contributed by atoms with Crippen LogP contribution in [0.25, 0.3) is 0 Å². The van der Waals surface area contributed by atoms with Gasteiger partial charge in [-0.3, -0.25) is 0 Å². The largest absolute Gasteiger partial charge is 0.373 e. The van der Waals surface area contributed by atoms with E-state index in [1.165, 1.54) is 17.4 Å². The maximum atomic E-state index is 10.9. The predicted octanol–water partition coefficient (Wildman–Crippen LogP) is 1.29. The molecule has 1 rings (SSSR count). The van der Waals surface area contributed by atoms with Crippen molar-refractivity contribution in [3.05, 3.63) is 29.3 Å². The summed E-state index contributed by atoms with van der Waals surface area (Å²) in [5.41, 5.74) is 3.53. The minimum absolute atomic E-state index is 0.419. The normalized spacial score (nSPS) is 11.5. The van der Waals surface area contributed by atoms with Gasteiger partial charge in [0.15, 0.2) is 0 Å². The molecule has 0 amide bonds. The van der Waals surface area contributed by atoms with Crippen molar-refractivity contribution in [3.8, 4) is 0 Å². The van der Waals surface area contributed by atoms with Crippen LogP contribution in [0.4, 0.5) is 5.69 Å². The monoisotopic (exact) mass is 256 g/mol. The van der Waals surface area contributed by atoms with E-state index in [4.69, 9.17) is 0 Å². The fraction of sp³-hybridized carbons (Fsp3) is 0.500. The van der Waals surface area contributed by atoms with E-state index in [1.807, 2.05) is 11.9 Å². The summed E-state index contributed by atoms with van der Waals surface area (Å²) in [6.45, 7) is 5.18. The quantitative estimate of drug-likeness (QED) is 0.863. The average molecular weight is 256 g/mol. The van der Waals surface area contributed by atoms with E-state index in [1.54, 1.807) is 0 Å². The molecule has 0 unspecified atom stereocenters. The Morgan fingerprint density at radius 3 is 2.18 bits per heavy atom. The van der Waals surface area contributed by atoms with Gasteiger partial charge < -0.3 is 4.90 Å². The van der Waals surface area contributed by atoms with E-state index >= 15 is 0 Å². The van der Waals surface area contributed by atoms with Crippen LogP contribution in [0.15, 0.2) is 18.2 Å². The Hall–Kier alpha value is -1.07. The first-order valence-corrected chi connectivity index (χ1v) is 7.41. The van der Waals surface area contributed by atoms with Gasteiger partial charge in [0.1, 0.15) is 0 Å². The van der Waals surface area contributed by atoms with Crippen LogP contribution in [-0.2, 0) is 10.0 Å². The van der Waals surface area contributed by atoms with Crippen LogP contribution in [0.2, 0.25) is 0 Å². The zero-order valence-corrected chi connectivity index (χ0v) is 11.6. The predicted molar refractivity (Wildman–Crippen MR) is 72.0 cm³/mol. The van der Waals surface area contributed by atoms with E-state index in [0.29, 0.717) is 13.1 Å². The number of anilines is 1. The molecule has 0 heterocycles. The van der Waals surface area contributed by atoms with Gasteiger partial charge in [-0.1, -0.05) is 6.07 Å². The van der Waals surface area contributed by atoms with Gasteiger partial charge >= 0.3 is 0 Å². The van der Waals surface area contributed by atoms with E-state index in [0.717, 1.165) is 5.69 Å². The highest BCUT2D eigenvalue weighted by molar-refractivity contribution is 7.88. The van der Waals surface area contributed by atoms with Crippen LogP contribution in [0.1, 0.15) is 11.1 Å². The van der Waals surface area contributed by atoms with Gasteiger partial charge in [0.25, 0.3) is 0 Å². The number of aryl methyl sites for hydroxylation is 2. The summed E-state index contributed by atoms with van der Waals surface area (Å²) in [5, 5.41) is 0. The third-order valence-electron chi connectivity index (χ3n) is 2.46. The van der Waals surface area contributed by atoms with Crippen LogP contribution in [-0.4, -0.2) is 34.8 Å². The highest BCUT2D eigenvalue weighted by Gasteiger charge is 2.04. The minimum Gasteiger partial charge on any atom is -0.373 e. The summed E-state index contributed by atoms with van der Waals surface area (Å²) < 4.78 is 24.3. The summed E-state index contributed by atoms with van der Waals surface area (Å²) in [4.78, 5) is 2.04. The van der Waals surface area contributed by atoms with Crippen molar-refractivity contribution in [2.75, 3.05) is 31.3 Å². The van der Waals surface area contributed by atoms with Crippen molar-refractivity contribution in [2.45, 2.75) is 13.8 Å². The molecule has 0 bridgehead atoms. The molecule has 1 N–H and O–H groups in total. The Labute approximate surface area is 104 Å². The molecule has 0 aliphatic heterocycles. The van der Waals surface area contributed by atoms with E-state index in [-0.39, 0.29) is 0 Å². The lowest BCUT2D eigenvalue weighted by atomic mass is 10.1. The number of hydrogen-bond donors (Lipinski definition) is 1. The number of hydrogen-bond acceptors (Lipinski definition) is 3. The van der Waals surface area contributed by atoms with Crippen LogP contribution < -0.4 is 9.62 Å². The fourth-order valence-corrected chi connectivity index (χ4v) is 2.16. The van der Waals surface area contributed by atoms with Gasteiger partial charge in [-0.2, -0.15) is 0 Å². The third kappa shape index (κ3) is 5.19. The van der Waals surface area contributed by atoms with Gasteiger partial charge in [0, 0.05) is 25.8 Å². The van der Waals surface area contributed by atoms with Crippen molar-refractivity contribution in [1.29, 1.82) is 0 Å². The van der Waals surface area contributed by atoms with Crippen molar-refractivity contribution in [3.63, 3.8) is 0 Å². The molecule has 0 saturated heterocycles. The minimum atomic E-state index is -3.09. The lowest BCUT2D eigenvalue weighted by Gasteiger charge is -2.20. The second-order valence-electron chi connectivity index (χ2n) is 4.43. The van der Waals surface area contributed by atoms with Gasteiger partial charge in [-0.05, 0) is 37.1 Å². The summed E-state index contributed by atoms with van der Waals surface area (Å²) in [5.74, 6) is 0. The van der Waals surface area contributed by atoms with E-state index in [2.05, 4.69) is 36.8 Å². The van der Waals surface area contributed by atoms with Crippen LogP contribution in [0.3, 0.4) is 0 Å². The topological polar surface area (TPSA) is 49.4 Å². The maximum Gasteiger partial charge on any atom is 0.208 e. The molecule has 0 aliphatic rings. The first-order chi connectivity index (χ1) is 7.78. The standard InChI is InChI=1S/C12H20N2O2S/c1-10-7-11(2)9-12(8-10)14(3)6-5-13-17(4,15)16/h7-9,13H,5-6H2,1-4H3. The molecule has 0 aliphatic carbocycles. The summed E-state index contributed by atoms with van der Waals surface area (Å²) >= 11 is 0. The van der Waals surface area contributed by atoms with Crippen LogP contribution in [0, 0.1) is 13.8 Å². The highest BCUT2D eigenvalue weighted by Crippen LogP contribution is 2.16. The van der Waals surface area contributed by atoms with Crippen molar-refractivity contribution in [2.24, 2.45) is 0 Å². The average Bonchev–Trinajstić information content (AvgIpc) is 2.13. The molecule has 0 radical (unpaired) electrons. The zero-order chi connectivity index (χ0) is 13.1. The number of benzene rings is 1. The number of rotatable bonds is 5. The van der Waals surface area contributed by atoms with Crippen molar-refractivity contribution in [1.82, 2.24) is 4.72 Å². The van der Waals surface area contributed by atoms with E-state index < -0.39 is 10.0 Å². The molecule has 4 nitrogen and oxygen atoms in total. The first kappa shape index (κ1) is 14.0. The number of nitrogens with one attached hydrogen (secondary N) is 1. The second-order valence-corrected chi connectivity index (χ2v) is 6.27. The van der Waals surface area contributed by atoms with Gasteiger partial charge in [0.2, 0.25) is 10.0 Å². The number of sulfonamides is 1. The smallest absolute Gasteiger partial charge is 0.208 e. The van der Waals surface area contributed by atoms with Gasteiger partial charge in [-0.15, -0.1) is 0 Å². The SMILES string of the molecule is Cc1cc(C)cc(N(C)CCNS(C)(=O)=O)c1. The Bertz CT molecular complexity index is 463. The van der Waals surface area contributed by atoms with E-state index in [9.17, 15) is 8.42 Å². The summed E-state index contributed by atoms with van der Waals surface area (Å²) in [6, 6.07) is 6.30. The molecular weight excluding hydrogens is 236 g/mol. The maximum absolute atomic E-state index is 10.9. The van der Waals surface area contributed by atoms with Crippen molar-refractivity contribution < 1.29 is 8.42 Å². The molecule has 5 heteroatoms. The molecule has 1 aromatic rings. The Morgan fingerprint density at radius 2 is 1.71 bits per heavy atom. The Balaban J connectivity index is 2.61. The van der Waals surface area contributed by atoms with Crippen LogP contribution in [0.5, 0.6) is 0 Å². The van der Waals surface area contributed by atoms with Crippen LogP contribution >= 0.6 is 0 Å². The Morgan fingerprint density at radius 1 is 1.18 bits per heavy atom. The van der Waals surface area contributed by atoms with Crippen molar-refractivity contribution >= 4 is 15.7 Å². The molecule has 0 fully saturated rings. The number of likely N-dealkylation sites (N-methyl/N-ethyl adjacent to an activating group) is 1. The molecule has 0 aromatic heterocycles. The lowest BCUT2D eigenvalue weighted by molar-refractivity contribution is 0.587. The molecule has 0 atom stereocenters. The Kier molecular flexibility index (Phi) is 4.54. The molecule has 17 heavy (non-hydrogen) atoms. The third-order valence-corrected chi connectivity index (χ3v) is 3.19. The second kappa shape index (κ2) is 5.51. The zero-order valence-electron chi connectivity index (χ0n) is 10.8. The molecule has 96 valence electrons. The lowest BCUT2D eigenvalue weighted by Crippen LogP contribution is -2.32. The summed E-state index contributed by atoms with van der Waals surface area (Å²) in [6.07, 6.45) is 1.17. The molecular formula is C12H20N2O2S. The molecule has 0 saturated carbocycles. The molecule has 1 aromatic carbocycles. The number of nitrogens with zero attached hydrogens (tertiary/aromatic N) is 1. The molecule has 0 spiro atoms.